The van der Waals surface area contributed by atoms with Crippen molar-refractivity contribution in [2.24, 2.45) is 10.4 Å². The van der Waals surface area contributed by atoms with Gasteiger partial charge >= 0.3 is 0 Å². The molecule has 1 amide bonds. The molecule has 3 N–H and O–H groups in total. The Bertz CT molecular complexity index is 643. The van der Waals surface area contributed by atoms with Gasteiger partial charge < -0.3 is 16.0 Å². The number of fused-ring (bicyclic) bond motifs is 1. The van der Waals surface area contributed by atoms with E-state index in [1.54, 1.807) is 14.1 Å². The lowest BCUT2D eigenvalue weighted by atomic mass is 9.89. The number of amides is 1. The van der Waals surface area contributed by atoms with Gasteiger partial charge in [-0.3, -0.25) is 9.79 Å². The fourth-order valence-corrected chi connectivity index (χ4v) is 3.23. The second kappa shape index (κ2) is 10.1. The number of aryl methyl sites for hydroxylation is 2. The molecule has 0 spiro atoms. The predicted octanol–water partition coefficient (Wildman–Crippen LogP) is 3.18. The molecule has 26 heavy (non-hydrogen) atoms. The quantitative estimate of drug-likeness (QED) is 0.351. The molecule has 1 aromatic carbocycles. The van der Waals surface area contributed by atoms with Crippen LogP contribution in [-0.4, -0.2) is 32.5 Å². The van der Waals surface area contributed by atoms with Crippen molar-refractivity contribution in [3.63, 3.8) is 0 Å². The molecule has 0 aromatic heterocycles. The molecule has 146 valence electrons. The van der Waals surface area contributed by atoms with E-state index in [1.807, 2.05) is 13.8 Å². The Morgan fingerprint density at radius 3 is 2.50 bits per heavy atom. The van der Waals surface area contributed by atoms with Crippen LogP contribution in [0, 0.1) is 5.41 Å². The lowest BCUT2D eigenvalue weighted by Gasteiger charge is -2.26. The van der Waals surface area contributed by atoms with Gasteiger partial charge in [-0.2, -0.15) is 0 Å². The standard InChI is InChI=1S/C20H32N4O.HI/c1-14(16-11-10-15-8-6-7-9-17(15)12-16)24-19(22-5)23-13-20(2,3)18(25)21-4;/h10-12,14H,6-9,13H2,1-5H3,(H,21,25)(H2,22,23,24);1H. The van der Waals surface area contributed by atoms with E-state index in [0.29, 0.717) is 12.5 Å². The summed E-state index contributed by atoms with van der Waals surface area (Å²) < 4.78 is 0. The number of rotatable bonds is 5. The second-order valence-electron chi connectivity index (χ2n) is 7.49. The van der Waals surface area contributed by atoms with E-state index in [4.69, 9.17) is 0 Å². The number of nitrogens with zero attached hydrogens (tertiary/aromatic N) is 1. The number of aliphatic imine (C=N–C) groups is 1. The van der Waals surface area contributed by atoms with E-state index in [2.05, 4.69) is 46.1 Å². The zero-order valence-electron chi connectivity index (χ0n) is 16.6. The molecule has 1 aliphatic rings. The largest absolute Gasteiger partial charge is 0.359 e. The average Bonchev–Trinajstić information content (AvgIpc) is 2.63. The zero-order chi connectivity index (χ0) is 18.4. The van der Waals surface area contributed by atoms with E-state index in [9.17, 15) is 4.79 Å². The first-order chi connectivity index (χ1) is 11.9. The molecule has 0 heterocycles. The summed E-state index contributed by atoms with van der Waals surface area (Å²) in [5.74, 6) is 0.723. The topological polar surface area (TPSA) is 65.5 Å². The van der Waals surface area contributed by atoms with Crippen molar-refractivity contribution >= 4 is 35.8 Å². The van der Waals surface area contributed by atoms with Gasteiger partial charge in [-0.15, -0.1) is 24.0 Å². The fraction of sp³-hybridized carbons (Fsp3) is 0.600. The Labute approximate surface area is 174 Å². The van der Waals surface area contributed by atoms with E-state index in [-0.39, 0.29) is 35.9 Å². The van der Waals surface area contributed by atoms with Gasteiger partial charge in [0.1, 0.15) is 0 Å². The van der Waals surface area contributed by atoms with Gasteiger partial charge in [0.2, 0.25) is 5.91 Å². The molecule has 0 saturated heterocycles. The van der Waals surface area contributed by atoms with Gasteiger partial charge in [0, 0.05) is 20.6 Å². The van der Waals surface area contributed by atoms with Gasteiger partial charge in [-0.25, -0.2) is 0 Å². The Morgan fingerprint density at radius 1 is 1.23 bits per heavy atom. The van der Waals surface area contributed by atoms with Crippen molar-refractivity contribution in [2.45, 2.75) is 52.5 Å². The third kappa shape index (κ3) is 5.86. The molecule has 0 fully saturated rings. The molecule has 0 saturated carbocycles. The average molecular weight is 472 g/mol. The van der Waals surface area contributed by atoms with Crippen molar-refractivity contribution in [1.82, 2.24) is 16.0 Å². The number of hydrogen-bond donors (Lipinski definition) is 3. The van der Waals surface area contributed by atoms with E-state index in [0.717, 1.165) is 0 Å². The lowest BCUT2D eigenvalue weighted by molar-refractivity contribution is -0.128. The SMILES string of the molecule is CN=C(NCC(C)(C)C(=O)NC)NC(C)c1ccc2c(c1)CCCC2.I. The molecule has 1 aromatic rings. The molecule has 0 aliphatic heterocycles. The first-order valence-electron chi connectivity index (χ1n) is 9.18. The summed E-state index contributed by atoms with van der Waals surface area (Å²) in [7, 11) is 3.41. The minimum absolute atomic E-state index is 0. The molecule has 6 heteroatoms. The number of benzene rings is 1. The van der Waals surface area contributed by atoms with E-state index < -0.39 is 5.41 Å². The summed E-state index contributed by atoms with van der Waals surface area (Å²) in [4.78, 5) is 16.2. The smallest absolute Gasteiger partial charge is 0.227 e. The first kappa shape index (κ1) is 22.7. The molecule has 1 atom stereocenters. The maximum Gasteiger partial charge on any atom is 0.227 e. The van der Waals surface area contributed by atoms with E-state index in [1.165, 1.54) is 42.4 Å². The summed E-state index contributed by atoms with van der Waals surface area (Å²) in [5.41, 5.74) is 3.76. The third-order valence-corrected chi connectivity index (χ3v) is 4.99. The van der Waals surface area contributed by atoms with Gasteiger partial charge in [0.15, 0.2) is 5.96 Å². The van der Waals surface area contributed by atoms with Gasteiger partial charge in [-0.05, 0) is 63.1 Å². The van der Waals surface area contributed by atoms with Crippen LogP contribution >= 0.6 is 24.0 Å². The van der Waals surface area contributed by atoms with Gasteiger partial charge in [0.05, 0.1) is 11.5 Å². The summed E-state index contributed by atoms with van der Waals surface area (Å²) in [5, 5.41) is 9.40. The molecule has 1 unspecified atom stereocenters. The lowest BCUT2D eigenvalue weighted by Crippen LogP contribution is -2.47. The van der Waals surface area contributed by atoms with Crippen molar-refractivity contribution in [3.8, 4) is 0 Å². The van der Waals surface area contributed by atoms with Crippen LogP contribution in [0.4, 0.5) is 0 Å². The van der Waals surface area contributed by atoms with Crippen LogP contribution < -0.4 is 16.0 Å². The van der Waals surface area contributed by atoms with Crippen LogP contribution in [0.1, 0.15) is 56.3 Å². The number of hydrogen-bond acceptors (Lipinski definition) is 2. The van der Waals surface area contributed by atoms with Crippen molar-refractivity contribution in [1.29, 1.82) is 0 Å². The number of nitrogens with one attached hydrogen (secondary N) is 3. The van der Waals surface area contributed by atoms with Crippen LogP contribution in [0.3, 0.4) is 0 Å². The molecule has 5 nitrogen and oxygen atoms in total. The molecule has 2 rings (SSSR count). The van der Waals surface area contributed by atoms with Crippen molar-refractivity contribution in [3.05, 3.63) is 34.9 Å². The zero-order valence-corrected chi connectivity index (χ0v) is 18.9. The summed E-state index contributed by atoms with van der Waals surface area (Å²) in [6, 6.07) is 6.96. The maximum absolute atomic E-state index is 11.9. The minimum atomic E-state index is -0.499. The maximum atomic E-state index is 11.9. The monoisotopic (exact) mass is 472 g/mol. The van der Waals surface area contributed by atoms with Crippen molar-refractivity contribution < 1.29 is 4.79 Å². The Morgan fingerprint density at radius 2 is 1.88 bits per heavy atom. The van der Waals surface area contributed by atoms with E-state index >= 15 is 0 Å². The normalized spacial score (nSPS) is 15.3. The number of guanidine groups is 1. The molecule has 1 aliphatic carbocycles. The third-order valence-electron chi connectivity index (χ3n) is 4.99. The molecular weight excluding hydrogens is 439 g/mol. The molecule has 0 bridgehead atoms. The number of carbonyl (C=O) groups is 1. The van der Waals surface area contributed by atoms with Crippen LogP contribution in [0.5, 0.6) is 0 Å². The highest BCUT2D eigenvalue weighted by Crippen LogP contribution is 2.24. The van der Waals surface area contributed by atoms with Gasteiger partial charge in [0.25, 0.3) is 0 Å². The number of halogens is 1. The molecular formula is C20H33IN4O. The second-order valence-corrected chi connectivity index (χ2v) is 7.49. The summed E-state index contributed by atoms with van der Waals surface area (Å²) in [6.07, 6.45) is 4.98. The highest BCUT2D eigenvalue weighted by Gasteiger charge is 2.26. The predicted molar refractivity (Wildman–Crippen MR) is 119 cm³/mol. The summed E-state index contributed by atoms with van der Waals surface area (Å²) >= 11 is 0. The molecule has 0 radical (unpaired) electrons. The summed E-state index contributed by atoms with van der Waals surface area (Å²) in [6.45, 7) is 6.49. The highest BCUT2D eigenvalue weighted by atomic mass is 127. The Kier molecular flexibility index (Phi) is 8.86. The van der Waals surface area contributed by atoms with Crippen LogP contribution in [-0.2, 0) is 17.6 Å². The Hall–Kier alpha value is -1.31. The van der Waals surface area contributed by atoms with Gasteiger partial charge in [-0.1, -0.05) is 18.2 Å². The van der Waals surface area contributed by atoms with Crippen molar-refractivity contribution in [2.75, 3.05) is 20.6 Å². The first-order valence-corrected chi connectivity index (χ1v) is 9.18. The number of carbonyl (C=O) groups excluding carboxylic acids is 1. The van der Waals surface area contributed by atoms with Crippen LogP contribution in [0.2, 0.25) is 0 Å². The van der Waals surface area contributed by atoms with Crippen LogP contribution in [0.15, 0.2) is 23.2 Å². The Balaban J connectivity index is 0.00000338. The highest BCUT2D eigenvalue weighted by molar-refractivity contribution is 14.0. The van der Waals surface area contributed by atoms with Crippen LogP contribution in [0.25, 0.3) is 0 Å². The minimum Gasteiger partial charge on any atom is -0.359 e. The fourth-order valence-electron chi connectivity index (χ4n) is 3.23.